The highest BCUT2D eigenvalue weighted by Gasteiger charge is 2.33. The number of nitrogens with zero attached hydrogens (tertiary/aromatic N) is 2. The first-order chi connectivity index (χ1) is 10.1. The lowest BCUT2D eigenvalue weighted by molar-refractivity contribution is -0.124. The summed E-state index contributed by atoms with van der Waals surface area (Å²) in [4.78, 5) is 29.1. The molecule has 114 valence electrons. The van der Waals surface area contributed by atoms with Gasteiger partial charge in [0.2, 0.25) is 5.91 Å². The van der Waals surface area contributed by atoms with Gasteiger partial charge in [-0.2, -0.15) is 0 Å². The molecule has 1 saturated heterocycles. The fourth-order valence-electron chi connectivity index (χ4n) is 2.94. The number of Topliss-reactive ketones (excluding diaryl/α,β-unsaturated/α-hetero) is 1. The number of pyridine rings is 1. The van der Waals surface area contributed by atoms with E-state index in [1.807, 2.05) is 12.3 Å². The standard InChI is InChI=1S/C16H23N3O2/c1-12(20)5-6-15(21)18-11-14-7-9-19(2)16(14)13-4-3-8-17-10-13/h3-4,8,10,14,16H,5-7,9,11H2,1-2H3,(H,18,21)/t14-,16-/m0/s1. The molecule has 1 N–H and O–H groups in total. The zero-order valence-electron chi connectivity index (χ0n) is 12.7. The molecule has 1 amide bonds. The summed E-state index contributed by atoms with van der Waals surface area (Å²) in [6.45, 7) is 3.19. The van der Waals surface area contributed by atoms with Crippen molar-refractivity contribution in [3.05, 3.63) is 30.1 Å². The van der Waals surface area contributed by atoms with Gasteiger partial charge in [-0.3, -0.25) is 14.7 Å². The Kier molecular flexibility index (Phi) is 5.44. The van der Waals surface area contributed by atoms with E-state index in [1.165, 1.54) is 12.5 Å². The number of hydrogen-bond donors (Lipinski definition) is 1. The molecule has 0 unspecified atom stereocenters. The quantitative estimate of drug-likeness (QED) is 0.863. The van der Waals surface area contributed by atoms with E-state index in [2.05, 4.69) is 28.3 Å². The van der Waals surface area contributed by atoms with Gasteiger partial charge in [0.1, 0.15) is 5.78 Å². The lowest BCUT2D eigenvalue weighted by atomic mass is 9.94. The van der Waals surface area contributed by atoms with Crippen molar-refractivity contribution in [1.82, 2.24) is 15.2 Å². The number of rotatable bonds is 6. The van der Waals surface area contributed by atoms with E-state index in [1.54, 1.807) is 6.20 Å². The third-order valence-electron chi connectivity index (χ3n) is 4.07. The molecule has 0 aromatic carbocycles. The maximum absolute atomic E-state index is 11.7. The molecule has 5 heteroatoms. The van der Waals surface area contributed by atoms with Gasteiger partial charge in [-0.15, -0.1) is 0 Å². The van der Waals surface area contributed by atoms with Crippen molar-refractivity contribution in [1.29, 1.82) is 0 Å². The Morgan fingerprint density at radius 3 is 2.90 bits per heavy atom. The number of carbonyl (C=O) groups is 2. The average molecular weight is 289 g/mol. The molecule has 0 aliphatic carbocycles. The largest absolute Gasteiger partial charge is 0.356 e. The van der Waals surface area contributed by atoms with Crippen LogP contribution in [0.5, 0.6) is 0 Å². The van der Waals surface area contributed by atoms with Crippen molar-refractivity contribution in [2.75, 3.05) is 20.1 Å². The molecular weight excluding hydrogens is 266 g/mol. The van der Waals surface area contributed by atoms with Crippen LogP contribution in [0.15, 0.2) is 24.5 Å². The Labute approximate surface area is 125 Å². The Morgan fingerprint density at radius 1 is 1.43 bits per heavy atom. The highest BCUT2D eigenvalue weighted by atomic mass is 16.2. The summed E-state index contributed by atoms with van der Waals surface area (Å²) in [5.41, 5.74) is 1.19. The van der Waals surface area contributed by atoms with Crippen molar-refractivity contribution in [2.45, 2.75) is 32.2 Å². The Hall–Kier alpha value is -1.75. The summed E-state index contributed by atoms with van der Waals surface area (Å²) < 4.78 is 0. The summed E-state index contributed by atoms with van der Waals surface area (Å²) in [6.07, 6.45) is 5.34. The van der Waals surface area contributed by atoms with Gasteiger partial charge < -0.3 is 10.1 Å². The smallest absolute Gasteiger partial charge is 0.220 e. The molecular formula is C16H23N3O2. The normalized spacial score (nSPS) is 22.2. The maximum Gasteiger partial charge on any atom is 0.220 e. The Morgan fingerprint density at radius 2 is 2.24 bits per heavy atom. The number of amides is 1. The molecule has 0 spiro atoms. The van der Waals surface area contributed by atoms with Crippen molar-refractivity contribution < 1.29 is 9.59 Å². The van der Waals surface area contributed by atoms with Gasteiger partial charge in [-0.05, 0) is 44.5 Å². The zero-order chi connectivity index (χ0) is 15.2. The molecule has 1 aromatic rings. The number of aromatic nitrogens is 1. The number of likely N-dealkylation sites (tertiary alicyclic amines) is 1. The lowest BCUT2D eigenvalue weighted by Gasteiger charge is -2.25. The summed E-state index contributed by atoms with van der Waals surface area (Å²) in [5.74, 6) is 0.407. The molecule has 1 aliphatic rings. The van der Waals surface area contributed by atoms with Crippen LogP contribution in [0.25, 0.3) is 0 Å². The minimum Gasteiger partial charge on any atom is -0.356 e. The van der Waals surface area contributed by atoms with Crippen LogP contribution in [0.1, 0.15) is 37.8 Å². The maximum atomic E-state index is 11.7. The Balaban J connectivity index is 1.90. The summed E-state index contributed by atoms with van der Waals surface area (Å²) in [5, 5.41) is 2.96. The van der Waals surface area contributed by atoms with E-state index < -0.39 is 0 Å². The van der Waals surface area contributed by atoms with E-state index in [4.69, 9.17) is 0 Å². The third-order valence-corrected chi connectivity index (χ3v) is 4.07. The van der Waals surface area contributed by atoms with Crippen molar-refractivity contribution >= 4 is 11.7 Å². The second kappa shape index (κ2) is 7.31. The van der Waals surface area contributed by atoms with E-state index in [0.29, 0.717) is 24.9 Å². The second-order valence-corrected chi connectivity index (χ2v) is 5.77. The number of ketones is 1. The summed E-state index contributed by atoms with van der Waals surface area (Å²) in [6, 6.07) is 4.33. The van der Waals surface area contributed by atoms with E-state index in [9.17, 15) is 9.59 Å². The van der Waals surface area contributed by atoms with Gasteiger partial charge in [-0.1, -0.05) is 6.07 Å². The van der Waals surface area contributed by atoms with Crippen LogP contribution < -0.4 is 5.32 Å². The fraction of sp³-hybridized carbons (Fsp3) is 0.562. The van der Waals surface area contributed by atoms with Gasteiger partial charge in [0, 0.05) is 37.8 Å². The molecule has 5 nitrogen and oxygen atoms in total. The van der Waals surface area contributed by atoms with Crippen LogP contribution in [-0.4, -0.2) is 41.7 Å². The number of carbonyl (C=O) groups excluding carboxylic acids is 2. The molecule has 1 aliphatic heterocycles. The van der Waals surface area contributed by atoms with Crippen molar-refractivity contribution in [3.8, 4) is 0 Å². The lowest BCUT2D eigenvalue weighted by Crippen LogP contribution is -2.32. The van der Waals surface area contributed by atoms with Gasteiger partial charge >= 0.3 is 0 Å². The minimum atomic E-state index is -0.0373. The van der Waals surface area contributed by atoms with Crippen molar-refractivity contribution in [3.63, 3.8) is 0 Å². The van der Waals surface area contributed by atoms with Crippen molar-refractivity contribution in [2.24, 2.45) is 5.92 Å². The first-order valence-electron chi connectivity index (χ1n) is 7.44. The minimum absolute atomic E-state index is 0.0373. The predicted octanol–water partition coefficient (Wildman–Crippen LogP) is 1.56. The average Bonchev–Trinajstić information content (AvgIpc) is 2.84. The second-order valence-electron chi connectivity index (χ2n) is 5.77. The molecule has 0 radical (unpaired) electrons. The molecule has 1 fully saturated rings. The van der Waals surface area contributed by atoms with Crippen LogP contribution in [0.2, 0.25) is 0 Å². The summed E-state index contributed by atoms with van der Waals surface area (Å²) >= 11 is 0. The monoisotopic (exact) mass is 289 g/mol. The van der Waals surface area contributed by atoms with E-state index in [-0.39, 0.29) is 18.1 Å². The molecule has 0 bridgehead atoms. The zero-order valence-corrected chi connectivity index (χ0v) is 12.7. The molecule has 21 heavy (non-hydrogen) atoms. The van der Waals surface area contributed by atoms with E-state index in [0.717, 1.165) is 13.0 Å². The SMILES string of the molecule is CC(=O)CCC(=O)NC[C@@H]1CCN(C)[C@H]1c1cccnc1. The number of hydrogen-bond acceptors (Lipinski definition) is 4. The topological polar surface area (TPSA) is 62.3 Å². The number of nitrogens with one attached hydrogen (secondary N) is 1. The molecule has 1 aromatic heterocycles. The highest BCUT2D eigenvalue weighted by molar-refractivity contribution is 5.83. The van der Waals surface area contributed by atoms with Gasteiger partial charge in [0.15, 0.2) is 0 Å². The molecule has 2 rings (SSSR count). The van der Waals surface area contributed by atoms with Crippen LogP contribution in [0.4, 0.5) is 0 Å². The highest BCUT2D eigenvalue weighted by Crippen LogP contribution is 2.35. The Bertz CT molecular complexity index is 490. The van der Waals surface area contributed by atoms with Crippen LogP contribution >= 0.6 is 0 Å². The van der Waals surface area contributed by atoms with Crippen LogP contribution in [0.3, 0.4) is 0 Å². The molecule has 0 saturated carbocycles. The van der Waals surface area contributed by atoms with Crippen LogP contribution in [-0.2, 0) is 9.59 Å². The van der Waals surface area contributed by atoms with Gasteiger partial charge in [0.05, 0.1) is 0 Å². The fourth-order valence-corrected chi connectivity index (χ4v) is 2.94. The molecule has 2 atom stereocenters. The predicted molar refractivity (Wildman–Crippen MR) is 80.6 cm³/mol. The van der Waals surface area contributed by atoms with Gasteiger partial charge in [-0.25, -0.2) is 0 Å². The van der Waals surface area contributed by atoms with Gasteiger partial charge in [0.25, 0.3) is 0 Å². The van der Waals surface area contributed by atoms with E-state index >= 15 is 0 Å². The third kappa shape index (κ3) is 4.36. The summed E-state index contributed by atoms with van der Waals surface area (Å²) in [7, 11) is 2.11. The molecule has 2 heterocycles. The van der Waals surface area contributed by atoms with Crippen LogP contribution in [0, 0.1) is 5.92 Å². The first-order valence-corrected chi connectivity index (χ1v) is 7.44. The first kappa shape index (κ1) is 15.6.